The number of carbonyl (C=O) groups is 1. The van der Waals surface area contributed by atoms with E-state index in [0.717, 1.165) is 18.2 Å². The number of alkyl halides is 5. The first-order chi connectivity index (χ1) is 12.4. The Hall–Kier alpha value is -2.06. The van der Waals surface area contributed by atoms with E-state index in [4.69, 9.17) is 28.9 Å². The van der Waals surface area contributed by atoms with E-state index in [9.17, 15) is 18.0 Å². The van der Waals surface area contributed by atoms with Crippen molar-refractivity contribution >= 4 is 40.1 Å². The third-order valence-electron chi connectivity index (χ3n) is 4.47. The van der Waals surface area contributed by atoms with Crippen LogP contribution in [0.5, 0.6) is 0 Å². The second-order valence-corrected chi connectivity index (χ2v) is 8.38. The van der Waals surface area contributed by atoms with Crippen molar-refractivity contribution in [3.8, 4) is 0 Å². The van der Waals surface area contributed by atoms with Gasteiger partial charge in [0.05, 0.1) is 11.1 Å². The van der Waals surface area contributed by atoms with Crippen LogP contribution in [0.1, 0.15) is 13.3 Å². The molecule has 0 fully saturated rings. The fourth-order valence-corrected chi connectivity index (χ4v) is 3.60. The SMILES string of the molecule is CC(Cl)(Cl)CC1C=C(C(F)(F)F)C=CC1(C(N)=O)n1nnc2ccccc21. The van der Waals surface area contributed by atoms with Gasteiger partial charge in [-0.05, 0) is 31.6 Å². The maximum atomic E-state index is 13.3. The third-order valence-corrected chi connectivity index (χ3v) is 4.77. The van der Waals surface area contributed by atoms with Crippen molar-refractivity contribution in [3.05, 3.63) is 48.1 Å². The normalized spacial score (nSPS) is 23.5. The molecule has 0 spiro atoms. The molecule has 1 aromatic heterocycles. The van der Waals surface area contributed by atoms with Crippen molar-refractivity contribution in [2.24, 2.45) is 11.7 Å². The molecule has 2 atom stereocenters. The molecular weight excluding hydrogens is 404 g/mol. The summed E-state index contributed by atoms with van der Waals surface area (Å²) in [5, 5.41) is 7.98. The van der Waals surface area contributed by atoms with Crippen LogP contribution in [-0.4, -0.2) is 31.4 Å². The Bertz CT molecular complexity index is 946. The lowest BCUT2D eigenvalue weighted by Gasteiger charge is -2.39. The molecule has 0 aliphatic heterocycles. The molecule has 2 unspecified atom stereocenters. The molecule has 1 aliphatic carbocycles. The molecule has 2 aromatic rings. The number of fused-ring (bicyclic) bond motifs is 1. The number of para-hydroxylation sites is 1. The first-order valence-electron chi connectivity index (χ1n) is 7.92. The van der Waals surface area contributed by atoms with Crippen molar-refractivity contribution in [1.29, 1.82) is 0 Å². The zero-order valence-electron chi connectivity index (χ0n) is 14.0. The van der Waals surface area contributed by atoms with E-state index in [1.54, 1.807) is 24.3 Å². The quantitative estimate of drug-likeness (QED) is 0.765. The molecule has 1 amide bonds. The smallest absolute Gasteiger partial charge is 0.367 e. The van der Waals surface area contributed by atoms with Crippen molar-refractivity contribution in [2.45, 2.75) is 29.4 Å². The van der Waals surface area contributed by atoms with Gasteiger partial charge in [0.15, 0.2) is 5.54 Å². The Kier molecular flexibility index (Phi) is 4.76. The van der Waals surface area contributed by atoms with Crippen LogP contribution in [0.25, 0.3) is 11.0 Å². The predicted molar refractivity (Wildman–Crippen MR) is 96.2 cm³/mol. The Morgan fingerprint density at radius 1 is 1.33 bits per heavy atom. The van der Waals surface area contributed by atoms with Crippen LogP contribution in [0.2, 0.25) is 0 Å². The molecule has 2 N–H and O–H groups in total. The van der Waals surface area contributed by atoms with E-state index < -0.39 is 33.4 Å². The monoisotopic (exact) mass is 418 g/mol. The molecule has 0 bridgehead atoms. The van der Waals surface area contributed by atoms with Gasteiger partial charge in [-0.1, -0.05) is 29.5 Å². The molecule has 0 saturated carbocycles. The first-order valence-corrected chi connectivity index (χ1v) is 8.67. The minimum Gasteiger partial charge on any atom is -0.367 e. The van der Waals surface area contributed by atoms with Gasteiger partial charge >= 0.3 is 6.18 Å². The summed E-state index contributed by atoms with van der Waals surface area (Å²) in [7, 11) is 0. The summed E-state index contributed by atoms with van der Waals surface area (Å²) in [6.07, 6.45) is -1.93. The number of nitrogens with two attached hydrogens (primary N) is 1. The number of hydrogen-bond acceptors (Lipinski definition) is 3. The van der Waals surface area contributed by atoms with Gasteiger partial charge in [-0.15, -0.1) is 28.3 Å². The highest BCUT2D eigenvalue weighted by Gasteiger charge is 2.50. The highest BCUT2D eigenvalue weighted by atomic mass is 35.5. The maximum Gasteiger partial charge on any atom is 0.416 e. The number of rotatable bonds is 4. The summed E-state index contributed by atoms with van der Waals surface area (Å²) in [5.74, 6) is -1.99. The van der Waals surface area contributed by atoms with Gasteiger partial charge in [-0.25, -0.2) is 4.68 Å². The average Bonchev–Trinajstić information content (AvgIpc) is 2.96. The molecule has 0 saturated heterocycles. The van der Waals surface area contributed by atoms with E-state index in [1.807, 2.05) is 0 Å². The minimum absolute atomic E-state index is 0.169. The number of carbonyl (C=O) groups excluding carboxylic acids is 1. The summed E-state index contributed by atoms with van der Waals surface area (Å²) < 4.78 is 39.6. The van der Waals surface area contributed by atoms with Crippen molar-refractivity contribution in [3.63, 3.8) is 0 Å². The number of halogens is 5. The fraction of sp³-hybridized carbons (Fsp3) is 0.353. The molecule has 1 aromatic carbocycles. The molecule has 1 aliphatic rings. The fourth-order valence-electron chi connectivity index (χ4n) is 3.27. The third kappa shape index (κ3) is 3.55. The van der Waals surface area contributed by atoms with Gasteiger partial charge in [0, 0.05) is 5.92 Å². The number of benzene rings is 1. The van der Waals surface area contributed by atoms with Crippen LogP contribution >= 0.6 is 23.2 Å². The van der Waals surface area contributed by atoms with Crippen LogP contribution in [0.3, 0.4) is 0 Å². The molecule has 10 heteroatoms. The zero-order valence-corrected chi connectivity index (χ0v) is 15.6. The summed E-state index contributed by atoms with van der Waals surface area (Å²) >= 11 is 12.1. The van der Waals surface area contributed by atoms with Crippen molar-refractivity contribution < 1.29 is 18.0 Å². The van der Waals surface area contributed by atoms with Gasteiger partial charge in [0.25, 0.3) is 0 Å². The number of aromatic nitrogens is 3. The molecular formula is C17H15Cl2F3N4O. The number of primary amides is 1. The lowest BCUT2D eigenvalue weighted by Crippen LogP contribution is -2.53. The van der Waals surface area contributed by atoms with Gasteiger partial charge in [-0.2, -0.15) is 13.2 Å². The molecule has 1 heterocycles. The van der Waals surface area contributed by atoms with E-state index >= 15 is 0 Å². The van der Waals surface area contributed by atoms with Gasteiger partial charge in [0.1, 0.15) is 9.85 Å². The first kappa shape index (κ1) is 19.7. The van der Waals surface area contributed by atoms with E-state index in [2.05, 4.69) is 10.3 Å². The van der Waals surface area contributed by atoms with Crippen LogP contribution in [0.4, 0.5) is 13.2 Å². The summed E-state index contributed by atoms with van der Waals surface area (Å²) in [4.78, 5) is 12.6. The lowest BCUT2D eigenvalue weighted by molar-refractivity contribution is -0.127. The Morgan fingerprint density at radius 2 is 2.00 bits per heavy atom. The number of nitrogens with zero attached hydrogens (tertiary/aromatic N) is 3. The largest absolute Gasteiger partial charge is 0.416 e. The highest BCUT2D eigenvalue weighted by molar-refractivity contribution is 6.48. The van der Waals surface area contributed by atoms with E-state index in [-0.39, 0.29) is 6.42 Å². The second kappa shape index (κ2) is 6.53. The van der Waals surface area contributed by atoms with Gasteiger partial charge in [0.2, 0.25) is 5.91 Å². The Morgan fingerprint density at radius 3 is 2.59 bits per heavy atom. The van der Waals surface area contributed by atoms with Crippen LogP contribution in [0.15, 0.2) is 48.1 Å². The maximum absolute atomic E-state index is 13.3. The second-order valence-electron chi connectivity index (χ2n) is 6.51. The van der Waals surface area contributed by atoms with Gasteiger partial charge < -0.3 is 5.73 Å². The molecule has 144 valence electrons. The van der Waals surface area contributed by atoms with Crippen LogP contribution in [-0.2, 0) is 10.3 Å². The molecule has 5 nitrogen and oxygen atoms in total. The Labute approximate surface area is 162 Å². The summed E-state index contributed by atoms with van der Waals surface area (Å²) in [6, 6.07) is 6.74. The minimum atomic E-state index is -4.60. The number of hydrogen-bond donors (Lipinski definition) is 1. The van der Waals surface area contributed by atoms with Crippen LogP contribution in [0, 0.1) is 5.92 Å². The molecule has 3 rings (SSSR count). The molecule has 0 radical (unpaired) electrons. The van der Waals surface area contributed by atoms with E-state index in [1.165, 1.54) is 11.6 Å². The Balaban J connectivity index is 2.25. The number of amides is 1. The topological polar surface area (TPSA) is 73.8 Å². The number of allylic oxidation sites excluding steroid dienone is 3. The van der Waals surface area contributed by atoms with E-state index in [0.29, 0.717) is 11.0 Å². The summed E-state index contributed by atoms with van der Waals surface area (Å²) in [5.41, 5.74) is 3.93. The standard InChI is InChI=1S/C17H15Cl2F3N4O/c1-15(18,19)9-11-8-10(17(20,21)22)6-7-16(11,14(23)27)26-13-5-3-2-4-12(13)24-25-26/h2-8,11H,9H2,1H3,(H2,23,27). The lowest BCUT2D eigenvalue weighted by atomic mass is 9.75. The van der Waals surface area contributed by atoms with Crippen molar-refractivity contribution in [1.82, 2.24) is 15.0 Å². The predicted octanol–water partition coefficient (Wildman–Crippen LogP) is 3.87. The summed E-state index contributed by atoms with van der Waals surface area (Å²) in [6.45, 7) is 1.43. The average molecular weight is 419 g/mol. The van der Waals surface area contributed by atoms with Crippen LogP contribution < -0.4 is 5.73 Å². The molecule has 27 heavy (non-hydrogen) atoms. The van der Waals surface area contributed by atoms with Gasteiger partial charge in [-0.3, -0.25) is 4.79 Å². The van der Waals surface area contributed by atoms with Crippen molar-refractivity contribution in [2.75, 3.05) is 0 Å². The zero-order chi connectivity index (χ0) is 20.0. The highest BCUT2D eigenvalue weighted by Crippen LogP contribution is 2.45.